The van der Waals surface area contributed by atoms with Gasteiger partial charge in [-0.15, -0.1) is 0 Å². The van der Waals surface area contributed by atoms with Crippen molar-refractivity contribution in [3.8, 4) is 28.4 Å². The van der Waals surface area contributed by atoms with Crippen molar-refractivity contribution in [1.29, 1.82) is 0 Å². The molecule has 3 aromatic rings. The summed E-state index contributed by atoms with van der Waals surface area (Å²) in [6, 6.07) is 15.1. The number of hydrogen-bond donors (Lipinski definition) is 1. The molecule has 0 unspecified atom stereocenters. The van der Waals surface area contributed by atoms with E-state index >= 15 is 0 Å². The van der Waals surface area contributed by atoms with Crippen molar-refractivity contribution >= 4 is 46.3 Å². The second-order valence-electron chi connectivity index (χ2n) is 7.26. The molecule has 1 amide bonds. The van der Waals surface area contributed by atoms with Crippen LogP contribution in [0.15, 0.2) is 59.6 Å². The van der Waals surface area contributed by atoms with Crippen molar-refractivity contribution in [2.45, 2.75) is 6.42 Å². The molecule has 0 spiro atoms. The first-order valence-electron chi connectivity index (χ1n) is 10.3. The fraction of sp³-hybridized carbons (Fsp3) is 0.167. The largest absolute Gasteiger partial charge is 0.493 e. The number of ether oxygens (including phenoxy) is 2. The van der Waals surface area contributed by atoms with Crippen molar-refractivity contribution in [3.63, 3.8) is 0 Å². The third-order valence-corrected chi connectivity index (χ3v) is 6.51. The van der Waals surface area contributed by atoms with Gasteiger partial charge < -0.3 is 14.6 Å². The van der Waals surface area contributed by atoms with E-state index in [0.29, 0.717) is 32.0 Å². The van der Waals surface area contributed by atoms with Crippen LogP contribution in [0.5, 0.6) is 11.5 Å². The topological polar surface area (TPSA) is 93.9 Å². The molecule has 34 heavy (non-hydrogen) atoms. The number of hydrogen-bond acceptors (Lipinski definition) is 7. The van der Waals surface area contributed by atoms with E-state index in [0.717, 1.165) is 23.0 Å². The van der Waals surface area contributed by atoms with E-state index in [1.165, 1.54) is 4.90 Å². The summed E-state index contributed by atoms with van der Waals surface area (Å²) in [4.78, 5) is 25.6. The minimum atomic E-state index is -0.988. The first-order valence-corrected chi connectivity index (χ1v) is 11.5. The number of carbonyl (C=O) groups is 2. The number of carboxylic acid groups (broad SMARTS) is 1. The molecule has 0 radical (unpaired) electrons. The van der Waals surface area contributed by atoms with Gasteiger partial charge in [0.25, 0.3) is 5.91 Å². The van der Waals surface area contributed by atoms with Crippen LogP contribution in [0.3, 0.4) is 0 Å². The molecule has 1 aliphatic heterocycles. The highest BCUT2D eigenvalue weighted by atomic mass is 32.2. The number of benzene rings is 2. The molecule has 2 heterocycles. The number of amides is 1. The van der Waals surface area contributed by atoms with Crippen LogP contribution >= 0.6 is 24.0 Å². The minimum absolute atomic E-state index is 0.0309. The predicted molar refractivity (Wildman–Crippen MR) is 134 cm³/mol. The molecule has 1 saturated heterocycles. The maximum Gasteiger partial charge on any atom is 0.305 e. The van der Waals surface area contributed by atoms with Gasteiger partial charge in [0, 0.05) is 23.9 Å². The Bertz CT molecular complexity index is 1290. The Morgan fingerprint density at radius 1 is 1.15 bits per heavy atom. The Hall–Kier alpha value is -3.63. The lowest BCUT2D eigenvalue weighted by Crippen LogP contribution is -2.30. The molecule has 174 valence electrons. The number of thioether (sulfide) groups is 1. The molecule has 1 N–H and O–H groups in total. The first kappa shape index (κ1) is 23.5. The number of carbonyl (C=O) groups excluding carboxylic acids is 1. The zero-order valence-corrected chi connectivity index (χ0v) is 20.1. The van der Waals surface area contributed by atoms with Crippen LogP contribution in [-0.2, 0) is 9.59 Å². The van der Waals surface area contributed by atoms with E-state index in [-0.39, 0.29) is 18.9 Å². The highest BCUT2D eigenvalue weighted by molar-refractivity contribution is 8.26. The fourth-order valence-corrected chi connectivity index (χ4v) is 4.75. The van der Waals surface area contributed by atoms with Gasteiger partial charge >= 0.3 is 5.97 Å². The van der Waals surface area contributed by atoms with E-state index < -0.39 is 5.97 Å². The molecule has 4 rings (SSSR count). The summed E-state index contributed by atoms with van der Waals surface area (Å²) in [5.74, 6) is -0.158. The summed E-state index contributed by atoms with van der Waals surface area (Å²) in [6.45, 7) is 0.0309. The number of carboxylic acids is 1. The number of thiocarbonyl (C=S) groups is 1. The zero-order chi connectivity index (χ0) is 24.2. The van der Waals surface area contributed by atoms with Gasteiger partial charge in [0.05, 0.1) is 31.2 Å². The molecular weight excluding hydrogens is 474 g/mol. The summed E-state index contributed by atoms with van der Waals surface area (Å²) in [6.07, 6.45) is 3.40. The normalized spacial score (nSPS) is 14.6. The van der Waals surface area contributed by atoms with Crippen molar-refractivity contribution in [2.24, 2.45) is 0 Å². The monoisotopic (exact) mass is 495 g/mol. The summed E-state index contributed by atoms with van der Waals surface area (Å²) in [7, 11) is 3.13. The van der Waals surface area contributed by atoms with Crippen molar-refractivity contribution < 1.29 is 24.2 Å². The molecule has 0 aliphatic carbocycles. The van der Waals surface area contributed by atoms with Crippen LogP contribution in [0, 0.1) is 0 Å². The summed E-state index contributed by atoms with van der Waals surface area (Å²) in [5, 5.41) is 13.7. The second-order valence-corrected chi connectivity index (χ2v) is 8.94. The Balaban J connectivity index is 1.78. The Morgan fingerprint density at radius 3 is 2.56 bits per heavy atom. The maximum absolute atomic E-state index is 12.9. The first-order chi connectivity index (χ1) is 16.4. The minimum Gasteiger partial charge on any atom is -0.493 e. The summed E-state index contributed by atoms with van der Waals surface area (Å²) >= 11 is 6.46. The Kier molecular flexibility index (Phi) is 6.99. The van der Waals surface area contributed by atoms with Gasteiger partial charge in [0.1, 0.15) is 10.0 Å². The molecular formula is C24H21N3O5S2. The maximum atomic E-state index is 12.9. The highest BCUT2D eigenvalue weighted by Gasteiger charge is 2.32. The Morgan fingerprint density at radius 2 is 1.88 bits per heavy atom. The SMILES string of the molecule is COc1ccc(-c2nn(-c3ccccc3)cc2/C=C2\SC(=S)N(CCC(=O)O)C2=O)cc1OC. The van der Waals surface area contributed by atoms with Gasteiger partial charge in [0.15, 0.2) is 11.5 Å². The number of methoxy groups -OCH3 is 2. The van der Waals surface area contributed by atoms with E-state index in [1.54, 1.807) is 31.0 Å². The molecule has 8 nitrogen and oxygen atoms in total. The molecule has 0 saturated carbocycles. The number of aliphatic carboxylic acids is 1. The van der Waals surface area contributed by atoms with Crippen LogP contribution in [0.1, 0.15) is 12.0 Å². The third-order valence-electron chi connectivity index (χ3n) is 5.13. The number of para-hydroxylation sites is 1. The third kappa shape index (κ3) is 4.82. The average Bonchev–Trinajstić information content (AvgIpc) is 3.38. The molecule has 1 fully saturated rings. The number of aromatic nitrogens is 2. The quantitative estimate of drug-likeness (QED) is 0.367. The molecule has 2 aromatic carbocycles. The number of nitrogens with zero attached hydrogens (tertiary/aromatic N) is 3. The van der Waals surface area contributed by atoms with Crippen LogP contribution < -0.4 is 9.47 Å². The lowest BCUT2D eigenvalue weighted by molar-refractivity contribution is -0.137. The predicted octanol–water partition coefficient (Wildman–Crippen LogP) is 4.23. The zero-order valence-electron chi connectivity index (χ0n) is 18.4. The summed E-state index contributed by atoms with van der Waals surface area (Å²) in [5.41, 5.74) is 2.98. The second kappa shape index (κ2) is 10.1. The highest BCUT2D eigenvalue weighted by Crippen LogP contribution is 2.37. The van der Waals surface area contributed by atoms with Gasteiger partial charge in [0.2, 0.25) is 0 Å². The van der Waals surface area contributed by atoms with Crippen molar-refractivity contribution in [3.05, 3.63) is 65.2 Å². The molecule has 0 bridgehead atoms. The lowest BCUT2D eigenvalue weighted by atomic mass is 10.1. The average molecular weight is 496 g/mol. The van der Waals surface area contributed by atoms with Gasteiger partial charge in [-0.25, -0.2) is 4.68 Å². The van der Waals surface area contributed by atoms with Crippen LogP contribution in [0.25, 0.3) is 23.0 Å². The van der Waals surface area contributed by atoms with Crippen molar-refractivity contribution in [1.82, 2.24) is 14.7 Å². The van der Waals surface area contributed by atoms with Crippen LogP contribution in [0.2, 0.25) is 0 Å². The van der Waals surface area contributed by atoms with Gasteiger partial charge in [-0.1, -0.05) is 42.2 Å². The van der Waals surface area contributed by atoms with E-state index in [1.807, 2.05) is 48.7 Å². The van der Waals surface area contributed by atoms with E-state index in [4.69, 9.17) is 31.9 Å². The standard InChI is InChI=1S/C24H21N3O5S2/c1-31-18-9-8-15(12-19(18)32-2)22-16(14-27(25-22)17-6-4-3-5-7-17)13-20-23(30)26(24(33)34-20)11-10-21(28)29/h3-9,12-14H,10-11H2,1-2H3,(H,28,29)/b20-13-. The van der Waals surface area contributed by atoms with E-state index in [9.17, 15) is 9.59 Å². The molecule has 10 heteroatoms. The summed E-state index contributed by atoms with van der Waals surface area (Å²) < 4.78 is 12.9. The van der Waals surface area contributed by atoms with Gasteiger partial charge in [-0.05, 0) is 36.4 Å². The molecule has 1 aromatic heterocycles. The molecule has 1 aliphatic rings. The smallest absolute Gasteiger partial charge is 0.305 e. The fourth-order valence-electron chi connectivity index (χ4n) is 3.46. The Labute approximate surface area is 205 Å². The van der Waals surface area contributed by atoms with Crippen LogP contribution in [0.4, 0.5) is 0 Å². The van der Waals surface area contributed by atoms with Gasteiger partial charge in [-0.3, -0.25) is 14.5 Å². The van der Waals surface area contributed by atoms with E-state index in [2.05, 4.69) is 0 Å². The van der Waals surface area contributed by atoms with Crippen LogP contribution in [-0.4, -0.2) is 56.7 Å². The lowest BCUT2D eigenvalue weighted by Gasteiger charge is -2.12. The molecule has 0 atom stereocenters. The van der Waals surface area contributed by atoms with Crippen molar-refractivity contribution in [2.75, 3.05) is 20.8 Å². The van der Waals surface area contributed by atoms with Gasteiger partial charge in [-0.2, -0.15) is 5.10 Å². The number of rotatable bonds is 8.